The topological polar surface area (TPSA) is 42.0 Å². The van der Waals surface area contributed by atoms with Gasteiger partial charge in [-0.15, -0.1) is 0 Å². The van der Waals surface area contributed by atoms with Gasteiger partial charge in [-0.05, 0) is 38.2 Å². The van der Waals surface area contributed by atoms with Gasteiger partial charge in [-0.25, -0.2) is 4.98 Å². The Balaban J connectivity index is 1.99. The van der Waals surface area contributed by atoms with Crippen LogP contribution in [0.15, 0.2) is 12.1 Å². The number of amides is 1. The van der Waals surface area contributed by atoms with E-state index in [0.717, 1.165) is 12.2 Å². The van der Waals surface area contributed by atoms with Gasteiger partial charge in [0.25, 0.3) is 5.91 Å². The molecule has 1 fully saturated rings. The van der Waals surface area contributed by atoms with Gasteiger partial charge in [-0.3, -0.25) is 4.79 Å². The Bertz CT molecular complexity index is 435. The van der Waals surface area contributed by atoms with Gasteiger partial charge < -0.3 is 5.32 Å². The molecule has 3 nitrogen and oxygen atoms in total. The monoisotopic (exact) mass is 284 g/mol. The molecule has 1 aromatic rings. The maximum Gasteiger partial charge on any atom is 0.251 e. The van der Waals surface area contributed by atoms with Crippen LogP contribution >= 0.6 is 23.4 Å². The Morgan fingerprint density at radius 2 is 2.28 bits per heavy atom. The second-order valence-corrected chi connectivity index (χ2v) is 6.40. The third-order valence-electron chi connectivity index (χ3n) is 3.45. The molecule has 5 heteroatoms. The van der Waals surface area contributed by atoms with Crippen molar-refractivity contribution >= 4 is 29.3 Å². The van der Waals surface area contributed by atoms with Crippen molar-refractivity contribution in [3.05, 3.63) is 28.5 Å². The fourth-order valence-electron chi connectivity index (χ4n) is 2.13. The first kappa shape index (κ1) is 13.7. The summed E-state index contributed by atoms with van der Waals surface area (Å²) in [5, 5.41) is 3.37. The summed E-state index contributed by atoms with van der Waals surface area (Å²) in [5.41, 5.74) is 1.35. The van der Waals surface area contributed by atoms with Crippen LogP contribution in [0.5, 0.6) is 0 Å². The summed E-state index contributed by atoms with van der Waals surface area (Å²) in [4.78, 5) is 16.1. The number of rotatable bonds is 4. The number of nitrogens with one attached hydrogen (secondary N) is 1. The van der Waals surface area contributed by atoms with Gasteiger partial charge in [0, 0.05) is 22.5 Å². The van der Waals surface area contributed by atoms with Gasteiger partial charge in [0.05, 0.1) is 0 Å². The van der Waals surface area contributed by atoms with E-state index in [4.69, 9.17) is 11.6 Å². The molecule has 1 aromatic heterocycles. The molecular weight excluding hydrogens is 268 g/mol. The van der Waals surface area contributed by atoms with Crippen molar-refractivity contribution in [3.63, 3.8) is 0 Å². The van der Waals surface area contributed by atoms with Crippen molar-refractivity contribution < 1.29 is 4.79 Å². The first-order valence-corrected chi connectivity index (χ1v) is 7.62. The molecule has 1 heterocycles. The van der Waals surface area contributed by atoms with E-state index in [1.807, 2.05) is 18.7 Å². The van der Waals surface area contributed by atoms with E-state index in [1.54, 1.807) is 12.1 Å². The summed E-state index contributed by atoms with van der Waals surface area (Å²) in [6.07, 6.45) is 5.74. The summed E-state index contributed by atoms with van der Waals surface area (Å²) in [5.74, 6) is -0.0669. The standard InChI is InChI=1S/C13H17ClN2OS/c1-9-6-10(7-11(14)16-9)12(17)15-8-13(18-2)4-3-5-13/h6-7H,3-5,8H2,1-2H3,(H,15,17). The smallest absolute Gasteiger partial charge is 0.251 e. The molecule has 0 atom stereocenters. The maximum absolute atomic E-state index is 12.0. The third kappa shape index (κ3) is 2.98. The van der Waals surface area contributed by atoms with Crippen LogP contribution in [0.1, 0.15) is 35.3 Å². The lowest BCUT2D eigenvalue weighted by Crippen LogP contribution is -2.45. The molecule has 0 aliphatic heterocycles. The summed E-state index contributed by atoms with van der Waals surface area (Å²) in [6.45, 7) is 2.56. The van der Waals surface area contributed by atoms with Crippen LogP contribution in [-0.4, -0.2) is 28.4 Å². The molecule has 1 amide bonds. The summed E-state index contributed by atoms with van der Waals surface area (Å²) >= 11 is 7.70. The van der Waals surface area contributed by atoms with Crippen molar-refractivity contribution in [3.8, 4) is 0 Å². The minimum absolute atomic E-state index is 0.0669. The van der Waals surface area contributed by atoms with E-state index in [9.17, 15) is 4.79 Å². The maximum atomic E-state index is 12.0. The van der Waals surface area contributed by atoms with E-state index >= 15 is 0 Å². The van der Waals surface area contributed by atoms with Crippen molar-refractivity contribution in [1.29, 1.82) is 0 Å². The number of halogens is 1. The molecule has 1 aliphatic carbocycles. The van der Waals surface area contributed by atoms with Crippen molar-refractivity contribution in [1.82, 2.24) is 10.3 Å². The third-order valence-corrected chi connectivity index (χ3v) is 5.07. The van der Waals surface area contributed by atoms with Crippen molar-refractivity contribution in [2.24, 2.45) is 0 Å². The largest absolute Gasteiger partial charge is 0.351 e. The van der Waals surface area contributed by atoms with Gasteiger partial charge in [-0.2, -0.15) is 11.8 Å². The van der Waals surface area contributed by atoms with Crippen LogP contribution in [0.3, 0.4) is 0 Å². The van der Waals surface area contributed by atoms with E-state index in [2.05, 4.69) is 16.6 Å². The number of carbonyl (C=O) groups is 1. The SMILES string of the molecule is CSC1(CNC(=O)c2cc(C)nc(Cl)c2)CCC1. The Morgan fingerprint density at radius 3 is 2.78 bits per heavy atom. The second-order valence-electron chi connectivity index (χ2n) is 4.74. The first-order valence-electron chi connectivity index (χ1n) is 6.02. The summed E-state index contributed by atoms with van der Waals surface area (Å²) in [7, 11) is 0. The summed E-state index contributed by atoms with van der Waals surface area (Å²) < 4.78 is 0.252. The van der Waals surface area contributed by atoms with Crippen molar-refractivity contribution in [2.45, 2.75) is 30.9 Å². The lowest BCUT2D eigenvalue weighted by atomic mass is 9.84. The predicted octanol–water partition coefficient (Wildman–Crippen LogP) is 3.06. The molecular formula is C13H17ClN2OS. The van der Waals surface area contributed by atoms with Crippen LogP contribution in [-0.2, 0) is 0 Å². The van der Waals surface area contributed by atoms with E-state index in [-0.39, 0.29) is 10.7 Å². The molecule has 1 N–H and O–H groups in total. The number of nitrogens with zero attached hydrogens (tertiary/aromatic N) is 1. The van der Waals surface area contributed by atoms with Gasteiger partial charge >= 0.3 is 0 Å². The number of carbonyl (C=O) groups excluding carboxylic acids is 1. The average Bonchev–Trinajstić information content (AvgIpc) is 2.26. The minimum atomic E-state index is -0.0669. The zero-order valence-corrected chi connectivity index (χ0v) is 12.2. The predicted molar refractivity (Wildman–Crippen MR) is 76.4 cm³/mol. The zero-order valence-electron chi connectivity index (χ0n) is 10.6. The minimum Gasteiger partial charge on any atom is -0.351 e. The molecule has 0 unspecified atom stereocenters. The lowest BCUT2D eigenvalue weighted by molar-refractivity contribution is 0.0943. The molecule has 0 radical (unpaired) electrons. The molecule has 0 saturated heterocycles. The normalized spacial score (nSPS) is 17.1. The molecule has 0 bridgehead atoms. The Kier molecular flexibility index (Phi) is 4.17. The quantitative estimate of drug-likeness (QED) is 0.864. The Hall–Kier alpha value is -0.740. The van der Waals surface area contributed by atoms with Crippen LogP contribution in [0.2, 0.25) is 5.15 Å². The fourth-order valence-corrected chi connectivity index (χ4v) is 3.29. The van der Waals surface area contributed by atoms with Gasteiger partial charge in [0.2, 0.25) is 0 Å². The summed E-state index contributed by atoms with van der Waals surface area (Å²) in [6, 6.07) is 3.37. The first-order chi connectivity index (χ1) is 8.54. The molecule has 98 valence electrons. The average molecular weight is 285 g/mol. The van der Waals surface area contributed by atoms with Crippen molar-refractivity contribution in [2.75, 3.05) is 12.8 Å². The van der Waals surface area contributed by atoms with E-state index < -0.39 is 0 Å². The van der Waals surface area contributed by atoms with Gasteiger partial charge in [0.15, 0.2) is 0 Å². The zero-order chi connectivity index (χ0) is 13.2. The van der Waals surface area contributed by atoms with Crippen LogP contribution < -0.4 is 5.32 Å². The highest BCUT2D eigenvalue weighted by molar-refractivity contribution is 8.00. The highest BCUT2D eigenvalue weighted by Gasteiger charge is 2.36. The molecule has 18 heavy (non-hydrogen) atoms. The molecule has 0 aromatic carbocycles. The highest BCUT2D eigenvalue weighted by Crippen LogP contribution is 2.42. The van der Waals surface area contributed by atoms with Crippen LogP contribution in [0, 0.1) is 6.92 Å². The molecule has 1 aliphatic rings. The number of pyridine rings is 1. The Morgan fingerprint density at radius 1 is 1.56 bits per heavy atom. The number of aromatic nitrogens is 1. The molecule has 0 spiro atoms. The number of thioether (sulfide) groups is 1. The van der Waals surface area contributed by atoms with Crippen LogP contribution in [0.25, 0.3) is 0 Å². The second kappa shape index (κ2) is 5.49. The van der Waals surface area contributed by atoms with E-state index in [1.165, 1.54) is 19.3 Å². The Labute approximate surface area is 117 Å². The highest BCUT2D eigenvalue weighted by atomic mass is 35.5. The van der Waals surface area contributed by atoms with Gasteiger partial charge in [0.1, 0.15) is 5.15 Å². The van der Waals surface area contributed by atoms with Crippen LogP contribution in [0.4, 0.5) is 0 Å². The number of hydrogen-bond acceptors (Lipinski definition) is 3. The van der Waals surface area contributed by atoms with Gasteiger partial charge in [-0.1, -0.05) is 18.0 Å². The molecule has 2 rings (SSSR count). The van der Waals surface area contributed by atoms with E-state index in [0.29, 0.717) is 10.7 Å². The fraction of sp³-hybridized carbons (Fsp3) is 0.538. The lowest BCUT2D eigenvalue weighted by Gasteiger charge is -2.40. The number of hydrogen-bond donors (Lipinski definition) is 1. The number of aryl methyl sites for hydroxylation is 1. The molecule has 1 saturated carbocycles.